The lowest BCUT2D eigenvalue weighted by Crippen LogP contribution is -2.27. The lowest BCUT2D eigenvalue weighted by Gasteiger charge is -2.28. The van der Waals surface area contributed by atoms with Crippen LogP contribution in [0.15, 0.2) is 24.3 Å². The van der Waals surface area contributed by atoms with Crippen molar-refractivity contribution in [1.29, 1.82) is 0 Å². The Morgan fingerprint density at radius 1 is 1.11 bits per heavy atom. The molecule has 1 aromatic rings. The molecule has 0 unspecified atom stereocenters. The summed E-state index contributed by atoms with van der Waals surface area (Å²) in [5.41, 5.74) is 1.23. The topological polar surface area (TPSA) is 63.6 Å². The van der Waals surface area contributed by atoms with Gasteiger partial charge in [-0.15, -0.1) is 0 Å². The van der Waals surface area contributed by atoms with Gasteiger partial charge in [-0.1, -0.05) is 23.7 Å². The second-order valence-electron chi connectivity index (χ2n) is 4.74. The highest BCUT2D eigenvalue weighted by atomic mass is 35.5. The molecule has 102 valence electrons. The van der Waals surface area contributed by atoms with E-state index in [2.05, 4.69) is 0 Å². The Balaban J connectivity index is 1.87. The molecule has 1 saturated carbocycles. The van der Waals surface area contributed by atoms with Crippen LogP contribution in [-0.2, 0) is 14.3 Å². The molecule has 1 aromatic carbocycles. The van der Waals surface area contributed by atoms with E-state index in [0.29, 0.717) is 23.8 Å². The minimum Gasteiger partial charge on any atom is -0.473 e. The van der Waals surface area contributed by atoms with E-state index < -0.39 is 11.9 Å². The molecule has 4 nitrogen and oxygen atoms in total. The van der Waals surface area contributed by atoms with E-state index in [1.807, 2.05) is 24.3 Å². The average Bonchev–Trinajstić information content (AvgIpc) is 2.40. The molecule has 0 aliphatic heterocycles. The zero-order chi connectivity index (χ0) is 13.8. The van der Waals surface area contributed by atoms with Crippen molar-refractivity contribution in [2.24, 2.45) is 0 Å². The molecule has 19 heavy (non-hydrogen) atoms. The van der Waals surface area contributed by atoms with Gasteiger partial charge < -0.3 is 9.84 Å². The summed E-state index contributed by atoms with van der Waals surface area (Å²) in [5, 5.41) is 9.20. The molecule has 0 bridgehead atoms. The third-order valence-electron chi connectivity index (χ3n) is 3.46. The van der Waals surface area contributed by atoms with Gasteiger partial charge in [-0.05, 0) is 49.3 Å². The van der Waals surface area contributed by atoms with E-state index in [4.69, 9.17) is 21.4 Å². The van der Waals surface area contributed by atoms with Gasteiger partial charge in [0.15, 0.2) is 0 Å². The fraction of sp³-hybridized carbons (Fsp3) is 0.429. The largest absolute Gasteiger partial charge is 0.473 e. The van der Waals surface area contributed by atoms with Gasteiger partial charge in [0.2, 0.25) is 0 Å². The molecule has 0 radical (unpaired) electrons. The number of esters is 1. The Labute approximate surface area is 116 Å². The van der Waals surface area contributed by atoms with E-state index in [0.717, 1.165) is 12.8 Å². The molecule has 1 N–H and O–H groups in total. The van der Waals surface area contributed by atoms with Gasteiger partial charge in [0.05, 0.1) is 0 Å². The Morgan fingerprint density at radius 2 is 1.68 bits per heavy atom. The van der Waals surface area contributed by atoms with Crippen LogP contribution in [0.5, 0.6) is 0 Å². The summed E-state index contributed by atoms with van der Waals surface area (Å²) in [6.45, 7) is 0. The molecule has 1 fully saturated rings. The standard InChI is InChI=1S/C14H15ClO4/c15-11-5-1-9(2-6-11)10-3-7-12(8-4-10)19-14(18)13(16)17/h1-2,5-6,10,12H,3-4,7-8H2,(H,16,17)/t10-,12-. The number of aliphatic carboxylic acids is 1. The Morgan fingerprint density at radius 3 is 2.21 bits per heavy atom. The summed E-state index contributed by atoms with van der Waals surface area (Å²) < 4.78 is 4.90. The maximum atomic E-state index is 11.0. The molecule has 1 aliphatic rings. The molecule has 0 spiro atoms. The van der Waals surface area contributed by atoms with E-state index in [1.165, 1.54) is 5.56 Å². The summed E-state index contributed by atoms with van der Waals surface area (Å²) in [4.78, 5) is 21.4. The van der Waals surface area contributed by atoms with Crippen LogP contribution in [0, 0.1) is 0 Å². The van der Waals surface area contributed by atoms with Crippen molar-refractivity contribution in [2.75, 3.05) is 0 Å². The molecule has 2 rings (SSSR count). The van der Waals surface area contributed by atoms with Crippen molar-refractivity contribution in [2.45, 2.75) is 37.7 Å². The minimum atomic E-state index is -1.53. The number of benzene rings is 1. The number of hydrogen-bond acceptors (Lipinski definition) is 3. The lowest BCUT2D eigenvalue weighted by atomic mass is 9.83. The highest BCUT2D eigenvalue weighted by Gasteiger charge is 2.26. The molecule has 1 aliphatic carbocycles. The van der Waals surface area contributed by atoms with E-state index in [1.54, 1.807) is 0 Å². The van der Waals surface area contributed by atoms with Gasteiger partial charge in [-0.3, -0.25) is 0 Å². The number of hydrogen-bond donors (Lipinski definition) is 1. The number of carboxylic acids is 1. The smallest absolute Gasteiger partial charge is 0.417 e. The van der Waals surface area contributed by atoms with Crippen molar-refractivity contribution in [3.05, 3.63) is 34.9 Å². The fourth-order valence-corrected chi connectivity index (χ4v) is 2.58. The van der Waals surface area contributed by atoms with E-state index in [-0.39, 0.29) is 6.10 Å². The van der Waals surface area contributed by atoms with Gasteiger partial charge in [0.1, 0.15) is 6.10 Å². The van der Waals surface area contributed by atoms with Crippen molar-refractivity contribution in [3.8, 4) is 0 Å². The Hall–Kier alpha value is -1.55. The van der Waals surface area contributed by atoms with Crippen molar-refractivity contribution in [1.82, 2.24) is 0 Å². The third kappa shape index (κ3) is 3.70. The Bertz CT molecular complexity index is 461. The third-order valence-corrected chi connectivity index (χ3v) is 3.72. The van der Waals surface area contributed by atoms with Crippen LogP contribution in [0.3, 0.4) is 0 Å². The van der Waals surface area contributed by atoms with E-state index in [9.17, 15) is 9.59 Å². The molecule has 0 amide bonds. The first-order valence-corrected chi connectivity index (χ1v) is 6.63. The molecule has 5 heteroatoms. The Kier molecular flexibility index (Phi) is 4.43. The number of carboxylic acid groups (broad SMARTS) is 1. The number of halogens is 1. The predicted octanol–water partition coefficient (Wildman–Crippen LogP) is 2.99. The first-order valence-electron chi connectivity index (χ1n) is 6.25. The number of rotatable bonds is 2. The van der Waals surface area contributed by atoms with Crippen molar-refractivity contribution in [3.63, 3.8) is 0 Å². The second-order valence-corrected chi connectivity index (χ2v) is 5.17. The van der Waals surface area contributed by atoms with Crippen LogP contribution < -0.4 is 0 Å². The molecule has 0 saturated heterocycles. The van der Waals surface area contributed by atoms with E-state index >= 15 is 0 Å². The zero-order valence-corrected chi connectivity index (χ0v) is 11.1. The molecular weight excluding hydrogens is 268 g/mol. The van der Waals surface area contributed by atoms with Crippen LogP contribution in [0.2, 0.25) is 5.02 Å². The van der Waals surface area contributed by atoms with Gasteiger partial charge in [-0.25, -0.2) is 9.59 Å². The highest BCUT2D eigenvalue weighted by molar-refractivity contribution is 6.30. The first kappa shape index (κ1) is 13.9. The van der Waals surface area contributed by atoms with Crippen molar-refractivity contribution >= 4 is 23.5 Å². The average molecular weight is 283 g/mol. The quantitative estimate of drug-likeness (QED) is 0.669. The summed E-state index contributed by atoms with van der Waals surface area (Å²) in [7, 11) is 0. The first-order chi connectivity index (χ1) is 9.06. The van der Waals surface area contributed by atoms with Gasteiger partial charge in [-0.2, -0.15) is 0 Å². The summed E-state index contributed by atoms with van der Waals surface area (Å²) in [6.07, 6.45) is 2.91. The van der Waals surface area contributed by atoms with Crippen LogP contribution in [0.1, 0.15) is 37.2 Å². The van der Waals surface area contributed by atoms with Crippen molar-refractivity contribution < 1.29 is 19.4 Å². The molecule has 0 atom stereocenters. The SMILES string of the molecule is O=C(O)C(=O)O[C@H]1CC[C@H](c2ccc(Cl)cc2)CC1. The fourth-order valence-electron chi connectivity index (χ4n) is 2.45. The highest BCUT2D eigenvalue weighted by Crippen LogP contribution is 2.34. The number of carbonyl (C=O) groups excluding carboxylic acids is 1. The second kappa shape index (κ2) is 6.06. The minimum absolute atomic E-state index is 0.271. The van der Waals surface area contributed by atoms with Gasteiger partial charge >= 0.3 is 11.9 Å². The number of ether oxygens (including phenoxy) is 1. The van der Waals surface area contributed by atoms with Gasteiger partial charge in [0.25, 0.3) is 0 Å². The normalized spacial score (nSPS) is 22.8. The molecule has 0 heterocycles. The van der Waals surface area contributed by atoms with Crippen LogP contribution in [-0.4, -0.2) is 23.1 Å². The number of carbonyl (C=O) groups is 2. The monoisotopic (exact) mass is 282 g/mol. The lowest BCUT2D eigenvalue weighted by molar-refractivity contribution is -0.168. The summed E-state index contributed by atoms with van der Waals surface area (Å²) >= 11 is 5.85. The van der Waals surface area contributed by atoms with Crippen LogP contribution in [0.25, 0.3) is 0 Å². The van der Waals surface area contributed by atoms with Crippen LogP contribution >= 0.6 is 11.6 Å². The molecule has 0 aromatic heterocycles. The summed E-state index contributed by atoms with van der Waals surface area (Å²) in [6, 6.07) is 7.76. The molecular formula is C14H15ClO4. The maximum Gasteiger partial charge on any atom is 0.417 e. The zero-order valence-electron chi connectivity index (χ0n) is 10.3. The maximum absolute atomic E-state index is 11.0. The van der Waals surface area contributed by atoms with Gasteiger partial charge in [0, 0.05) is 5.02 Å². The summed E-state index contributed by atoms with van der Waals surface area (Å²) in [5.74, 6) is -2.26. The predicted molar refractivity (Wildman–Crippen MR) is 70.2 cm³/mol. The van der Waals surface area contributed by atoms with Crippen LogP contribution in [0.4, 0.5) is 0 Å².